The van der Waals surface area contributed by atoms with Crippen molar-refractivity contribution in [1.29, 1.82) is 0 Å². The molecule has 0 fully saturated rings. The minimum Gasteiger partial charge on any atom is -0.494 e. The predicted octanol–water partition coefficient (Wildman–Crippen LogP) is 4.93. The topological polar surface area (TPSA) is 103 Å². The highest BCUT2D eigenvalue weighted by Crippen LogP contribution is 2.39. The Morgan fingerprint density at radius 3 is 2.46 bits per heavy atom. The highest BCUT2D eigenvalue weighted by atomic mass is 19.4. The second-order valence-corrected chi connectivity index (χ2v) is 8.23. The molecule has 0 radical (unpaired) electrons. The van der Waals surface area contributed by atoms with E-state index in [4.69, 9.17) is 9.15 Å². The predicted molar refractivity (Wildman–Crippen MR) is 128 cm³/mol. The van der Waals surface area contributed by atoms with Crippen LogP contribution in [0, 0.1) is 0 Å². The van der Waals surface area contributed by atoms with Crippen molar-refractivity contribution in [3.63, 3.8) is 0 Å². The number of oxazole rings is 1. The van der Waals surface area contributed by atoms with Gasteiger partial charge in [0.1, 0.15) is 28.4 Å². The van der Waals surface area contributed by atoms with E-state index >= 15 is 0 Å². The van der Waals surface area contributed by atoms with Crippen LogP contribution in [0.3, 0.4) is 0 Å². The van der Waals surface area contributed by atoms with E-state index < -0.39 is 17.4 Å². The second kappa shape index (κ2) is 8.08. The first-order valence-electron chi connectivity index (χ1n) is 11.0. The summed E-state index contributed by atoms with van der Waals surface area (Å²) in [6.07, 6.45) is -3.16. The highest BCUT2D eigenvalue weighted by Gasteiger charge is 2.39. The molecule has 4 heterocycles. The van der Waals surface area contributed by atoms with Gasteiger partial charge in [0.05, 0.1) is 12.7 Å². The van der Waals surface area contributed by atoms with Crippen LogP contribution in [-0.4, -0.2) is 36.5 Å². The van der Waals surface area contributed by atoms with Crippen LogP contribution in [0.4, 0.5) is 13.2 Å². The summed E-state index contributed by atoms with van der Waals surface area (Å²) in [4.78, 5) is 22.8. The number of hydrogen-bond donors (Lipinski definition) is 1. The Labute approximate surface area is 205 Å². The third-order valence-corrected chi connectivity index (χ3v) is 5.90. The lowest BCUT2D eigenvalue weighted by Gasteiger charge is -2.07. The number of fused-ring (bicyclic) bond motifs is 2. The summed E-state index contributed by atoms with van der Waals surface area (Å²) in [5, 5.41) is 6.56. The van der Waals surface area contributed by atoms with Crippen molar-refractivity contribution in [2.75, 3.05) is 7.11 Å². The fraction of sp³-hybridized carbons (Fsp3) is 0.120. The molecule has 0 bridgehead atoms. The van der Waals surface area contributed by atoms with Gasteiger partial charge in [0.15, 0.2) is 16.7 Å². The third kappa shape index (κ3) is 3.56. The maximum Gasteiger partial charge on any atom is 0.433 e. The van der Waals surface area contributed by atoms with Crippen LogP contribution in [0.1, 0.15) is 5.69 Å². The first kappa shape index (κ1) is 22.6. The molecule has 1 N–H and O–H groups in total. The van der Waals surface area contributed by atoms with E-state index in [9.17, 15) is 18.0 Å². The monoisotopic (exact) mass is 506 g/mol. The van der Waals surface area contributed by atoms with E-state index in [1.54, 1.807) is 55.7 Å². The Morgan fingerprint density at radius 1 is 1.00 bits per heavy atom. The van der Waals surface area contributed by atoms with E-state index in [2.05, 4.69) is 20.2 Å². The summed E-state index contributed by atoms with van der Waals surface area (Å²) in [6.45, 7) is 0. The summed E-state index contributed by atoms with van der Waals surface area (Å²) in [7, 11) is 3.14. The number of H-pyrrole nitrogens is 1. The number of alkyl halides is 3. The second-order valence-electron chi connectivity index (χ2n) is 8.23. The lowest BCUT2D eigenvalue weighted by Crippen LogP contribution is -2.20. The van der Waals surface area contributed by atoms with Crippen LogP contribution in [-0.2, 0) is 13.2 Å². The van der Waals surface area contributed by atoms with Gasteiger partial charge < -0.3 is 9.15 Å². The number of hydrogen-bond acceptors (Lipinski definition) is 6. The van der Waals surface area contributed by atoms with Crippen molar-refractivity contribution in [1.82, 2.24) is 29.4 Å². The largest absolute Gasteiger partial charge is 0.494 e. The quantitative estimate of drug-likeness (QED) is 0.364. The molecule has 2 aromatic carbocycles. The van der Waals surface area contributed by atoms with E-state index in [1.807, 2.05) is 0 Å². The van der Waals surface area contributed by atoms with Crippen molar-refractivity contribution in [3.05, 3.63) is 76.8 Å². The number of methoxy groups -OCH3 is 1. The SMILES string of the molecule is COc1cccc2oc(-c3c(-c4ccn(C)n4)nc4c(-c5ccccc5)c(C(F)(F)F)[nH]n4c3=O)nc12. The van der Waals surface area contributed by atoms with Crippen molar-refractivity contribution in [2.24, 2.45) is 7.05 Å². The molecule has 0 aliphatic carbocycles. The van der Waals surface area contributed by atoms with Gasteiger partial charge in [-0.05, 0) is 23.8 Å². The van der Waals surface area contributed by atoms with Gasteiger partial charge in [-0.3, -0.25) is 14.6 Å². The van der Waals surface area contributed by atoms with Crippen LogP contribution in [0.25, 0.3) is 50.7 Å². The number of halogens is 3. The average Bonchev–Trinajstić information content (AvgIpc) is 3.60. The molecule has 0 atom stereocenters. The fourth-order valence-electron chi connectivity index (χ4n) is 4.27. The molecule has 9 nitrogen and oxygen atoms in total. The Morgan fingerprint density at radius 2 is 1.78 bits per heavy atom. The number of benzene rings is 2. The summed E-state index contributed by atoms with van der Waals surface area (Å²) < 4.78 is 55.9. The Balaban J connectivity index is 1.74. The number of rotatable bonds is 4. The van der Waals surface area contributed by atoms with Gasteiger partial charge in [0.2, 0.25) is 5.89 Å². The number of nitrogens with one attached hydrogen (secondary N) is 1. The molecule has 0 saturated carbocycles. The summed E-state index contributed by atoms with van der Waals surface area (Å²) >= 11 is 0. The summed E-state index contributed by atoms with van der Waals surface area (Å²) in [5.41, 5.74) is -1.33. The zero-order valence-corrected chi connectivity index (χ0v) is 19.4. The molecule has 6 aromatic rings. The summed E-state index contributed by atoms with van der Waals surface area (Å²) in [5.74, 6) is 0.281. The van der Waals surface area contributed by atoms with Crippen molar-refractivity contribution >= 4 is 16.7 Å². The molecule has 0 aliphatic heterocycles. The van der Waals surface area contributed by atoms with Crippen LogP contribution in [0.5, 0.6) is 5.75 Å². The lowest BCUT2D eigenvalue weighted by atomic mass is 10.1. The minimum absolute atomic E-state index is 0.0287. The van der Waals surface area contributed by atoms with Crippen LogP contribution in [0.2, 0.25) is 0 Å². The number of aryl methyl sites for hydroxylation is 1. The molecular formula is C25H17F3N6O3. The highest BCUT2D eigenvalue weighted by molar-refractivity contribution is 5.87. The molecule has 0 aliphatic rings. The Bertz CT molecular complexity index is 1850. The van der Waals surface area contributed by atoms with Crippen LogP contribution < -0.4 is 10.3 Å². The molecule has 12 heteroatoms. The minimum atomic E-state index is -4.79. The van der Waals surface area contributed by atoms with Crippen molar-refractivity contribution < 1.29 is 22.3 Å². The number of nitrogens with zero attached hydrogens (tertiary/aromatic N) is 5. The van der Waals surface area contributed by atoms with Gasteiger partial charge >= 0.3 is 6.18 Å². The van der Waals surface area contributed by atoms with Crippen LogP contribution in [0.15, 0.2) is 70.0 Å². The molecular weight excluding hydrogens is 489 g/mol. The van der Waals surface area contributed by atoms with Gasteiger partial charge in [0.25, 0.3) is 5.56 Å². The maximum atomic E-state index is 14.1. The normalized spacial score (nSPS) is 12.0. The van der Waals surface area contributed by atoms with Crippen molar-refractivity contribution in [2.45, 2.75) is 6.18 Å². The van der Waals surface area contributed by atoms with E-state index in [1.165, 1.54) is 23.9 Å². The molecule has 0 saturated heterocycles. The Hall–Kier alpha value is -4.87. The van der Waals surface area contributed by atoms with E-state index in [-0.39, 0.29) is 39.6 Å². The summed E-state index contributed by atoms with van der Waals surface area (Å²) in [6, 6.07) is 14.6. The first-order chi connectivity index (χ1) is 17.8. The first-order valence-corrected chi connectivity index (χ1v) is 11.0. The smallest absolute Gasteiger partial charge is 0.433 e. The van der Waals surface area contributed by atoms with E-state index in [0.29, 0.717) is 16.8 Å². The number of aromatic amines is 1. The standard InChI is InChI=1S/C25H17F3N6O3/c1-33-12-11-14(31-33)19-18(23-30-20-15(36-2)9-6-10-16(20)37-23)24(35)34-22(29-19)17(13-7-4-3-5-8-13)21(32-34)25(26,27)28/h3-12,32H,1-2H3. The molecule has 186 valence electrons. The van der Waals surface area contributed by atoms with Crippen molar-refractivity contribution in [3.8, 4) is 39.7 Å². The third-order valence-electron chi connectivity index (χ3n) is 5.90. The van der Waals surface area contributed by atoms with Gasteiger partial charge in [0, 0.05) is 13.2 Å². The molecule has 4 aromatic heterocycles. The van der Waals surface area contributed by atoms with Crippen LogP contribution >= 0.6 is 0 Å². The van der Waals surface area contributed by atoms with Gasteiger partial charge in [-0.2, -0.15) is 22.8 Å². The molecule has 0 unspecified atom stereocenters. The molecule has 0 amide bonds. The molecule has 37 heavy (non-hydrogen) atoms. The van der Waals surface area contributed by atoms with E-state index in [0.717, 1.165) is 4.52 Å². The maximum absolute atomic E-state index is 14.1. The van der Waals surface area contributed by atoms with Gasteiger partial charge in [-0.25, -0.2) is 9.97 Å². The molecule has 0 spiro atoms. The zero-order valence-electron chi connectivity index (χ0n) is 19.4. The number of ether oxygens (including phenoxy) is 1. The number of aromatic nitrogens is 6. The Kier molecular flexibility index (Phi) is 4.93. The van der Waals surface area contributed by atoms with Gasteiger partial charge in [-0.15, -0.1) is 0 Å². The average molecular weight is 506 g/mol. The van der Waals surface area contributed by atoms with Gasteiger partial charge in [-0.1, -0.05) is 36.4 Å². The molecule has 6 rings (SSSR count). The fourth-order valence-corrected chi connectivity index (χ4v) is 4.27. The zero-order chi connectivity index (χ0) is 25.9. The lowest BCUT2D eigenvalue weighted by molar-refractivity contribution is -0.140. The number of para-hydroxylation sites is 1.